The quantitative estimate of drug-likeness (QED) is 0.192. The molecule has 14 heteroatoms. The highest BCUT2D eigenvalue weighted by molar-refractivity contribution is 5.90. The minimum absolute atomic E-state index is 0.0212. The van der Waals surface area contributed by atoms with Gasteiger partial charge < -0.3 is 15.8 Å². The van der Waals surface area contributed by atoms with E-state index in [2.05, 4.69) is 35.7 Å². The number of aliphatic imine (C=N–C) groups is 1. The number of likely N-dealkylation sites (N-methyl/N-ethyl adjacent to an activating group) is 1. The number of nitrogens with one attached hydrogen (secondary N) is 2. The lowest BCUT2D eigenvalue weighted by Crippen LogP contribution is -2.39. The lowest BCUT2D eigenvalue weighted by atomic mass is 10.2. The summed E-state index contributed by atoms with van der Waals surface area (Å²) < 4.78 is 52.2. The van der Waals surface area contributed by atoms with Crippen molar-refractivity contribution in [2.75, 3.05) is 45.4 Å². The van der Waals surface area contributed by atoms with Gasteiger partial charge in [-0.15, -0.1) is 5.10 Å². The normalized spacial score (nSPS) is 12.8. The van der Waals surface area contributed by atoms with Gasteiger partial charge in [0.2, 0.25) is 5.91 Å². The molecule has 1 aromatic rings. The standard InChI is InChI=1S/C10H18FN7O.C6H12F3NO/c1-18(10-14-16-17-15-10)9(19)5-3-2-4-6-13-8(12)7-11;1-3-11-5(4-10-2)6(7,8)9/h2-7H2,1H3,(H2,12,13)(H,14,15,16,17);5,10H,3-4H2,1-2H3. The molecule has 1 atom stereocenters. The van der Waals surface area contributed by atoms with E-state index in [1.165, 1.54) is 18.9 Å². The number of carbonyl (C=O) groups excluding carboxylic acids is 1. The van der Waals surface area contributed by atoms with Crippen LogP contribution in [-0.2, 0) is 9.53 Å². The van der Waals surface area contributed by atoms with Crippen LogP contribution in [0.1, 0.15) is 32.6 Å². The first-order chi connectivity index (χ1) is 14.2. The number of carbonyl (C=O) groups is 1. The van der Waals surface area contributed by atoms with Crippen molar-refractivity contribution in [3.05, 3.63) is 0 Å². The van der Waals surface area contributed by atoms with Crippen molar-refractivity contribution in [3.8, 4) is 0 Å². The van der Waals surface area contributed by atoms with Gasteiger partial charge in [0.05, 0.1) is 0 Å². The van der Waals surface area contributed by atoms with Crippen LogP contribution >= 0.6 is 0 Å². The largest absolute Gasteiger partial charge is 0.415 e. The van der Waals surface area contributed by atoms with Crippen LogP contribution < -0.4 is 16.0 Å². The van der Waals surface area contributed by atoms with Crippen LogP contribution in [0.15, 0.2) is 4.99 Å². The number of tetrazole rings is 1. The number of H-pyrrole nitrogens is 1. The fraction of sp³-hybridized carbons (Fsp3) is 0.812. The second-order valence-electron chi connectivity index (χ2n) is 6.03. The maximum atomic E-state index is 12.0. The third-order valence-electron chi connectivity index (χ3n) is 3.63. The molecule has 0 spiro atoms. The zero-order chi connectivity index (χ0) is 23.0. The van der Waals surface area contributed by atoms with Crippen molar-refractivity contribution in [1.29, 1.82) is 0 Å². The molecule has 1 amide bonds. The highest BCUT2D eigenvalue weighted by Crippen LogP contribution is 2.22. The van der Waals surface area contributed by atoms with E-state index in [0.29, 0.717) is 13.0 Å². The predicted molar refractivity (Wildman–Crippen MR) is 104 cm³/mol. The molecule has 0 aliphatic carbocycles. The van der Waals surface area contributed by atoms with Crippen molar-refractivity contribution in [2.45, 2.75) is 44.9 Å². The van der Waals surface area contributed by atoms with E-state index < -0.39 is 19.0 Å². The van der Waals surface area contributed by atoms with E-state index in [4.69, 9.17) is 5.73 Å². The zero-order valence-electron chi connectivity index (χ0n) is 17.4. The Kier molecular flexibility index (Phi) is 14.3. The number of nitrogens with zero attached hydrogens (tertiary/aromatic N) is 5. The molecule has 1 rings (SSSR count). The molecule has 1 aromatic heterocycles. The summed E-state index contributed by atoms with van der Waals surface area (Å²) in [6.07, 6.45) is -3.22. The topological polar surface area (TPSA) is 134 Å². The fourth-order valence-electron chi connectivity index (χ4n) is 2.06. The molecule has 10 nitrogen and oxygen atoms in total. The second-order valence-corrected chi connectivity index (χ2v) is 6.03. The summed E-state index contributed by atoms with van der Waals surface area (Å²) in [7, 11) is 3.05. The molecule has 0 aliphatic heterocycles. The molecule has 0 saturated heterocycles. The fourth-order valence-corrected chi connectivity index (χ4v) is 2.06. The minimum atomic E-state index is -4.26. The van der Waals surface area contributed by atoms with Crippen LogP contribution in [0.25, 0.3) is 0 Å². The van der Waals surface area contributed by atoms with Crippen LogP contribution in [0.3, 0.4) is 0 Å². The Hall–Kier alpha value is -2.35. The van der Waals surface area contributed by atoms with Gasteiger partial charge in [-0.25, -0.2) is 4.39 Å². The van der Waals surface area contributed by atoms with Crippen molar-refractivity contribution < 1.29 is 27.1 Å². The maximum absolute atomic E-state index is 12.0. The molecule has 0 aliphatic rings. The molecule has 30 heavy (non-hydrogen) atoms. The molecule has 0 aromatic carbocycles. The molecular formula is C16H30F4N8O2. The highest BCUT2D eigenvalue weighted by atomic mass is 19.4. The summed E-state index contributed by atoms with van der Waals surface area (Å²) in [5.41, 5.74) is 5.22. The van der Waals surface area contributed by atoms with E-state index in [9.17, 15) is 22.4 Å². The van der Waals surface area contributed by atoms with Gasteiger partial charge in [0.1, 0.15) is 12.5 Å². The number of aromatic nitrogens is 4. The average molecular weight is 442 g/mol. The van der Waals surface area contributed by atoms with Crippen molar-refractivity contribution >= 4 is 17.7 Å². The summed E-state index contributed by atoms with van der Waals surface area (Å²) in [5, 5.41) is 15.5. The van der Waals surface area contributed by atoms with Crippen LogP contribution in [-0.4, -0.2) is 85.1 Å². The van der Waals surface area contributed by atoms with Crippen LogP contribution in [0.2, 0.25) is 0 Å². The van der Waals surface area contributed by atoms with Crippen molar-refractivity contribution in [2.24, 2.45) is 10.7 Å². The summed E-state index contributed by atoms with van der Waals surface area (Å²) in [4.78, 5) is 16.9. The smallest absolute Gasteiger partial charge is 0.385 e. The lowest BCUT2D eigenvalue weighted by Gasteiger charge is -2.19. The van der Waals surface area contributed by atoms with E-state index in [0.717, 1.165) is 19.3 Å². The molecular weight excluding hydrogens is 412 g/mol. The molecule has 0 saturated carbocycles. The molecule has 174 valence electrons. The van der Waals surface area contributed by atoms with Gasteiger partial charge in [0, 0.05) is 33.2 Å². The SMILES string of the molecule is CCOC(CNC)C(F)(F)F.CN(C(=O)CCCCCN=C(N)CF)c1nn[nH]n1. The number of unbranched alkanes of at least 4 members (excludes halogenated alkanes) is 2. The third kappa shape index (κ3) is 12.3. The number of anilines is 1. The van der Waals surface area contributed by atoms with Crippen molar-refractivity contribution in [3.63, 3.8) is 0 Å². The number of hydrogen-bond donors (Lipinski definition) is 3. The maximum Gasteiger partial charge on any atom is 0.415 e. The summed E-state index contributed by atoms with van der Waals surface area (Å²) in [6, 6.07) is 0. The first-order valence-electron chi connectivity index (χ1n) is 9.34. The molecule has 0 fully saturated rings. The Morgan fingerprint density at radius 3 is 2.57 bits per heavy atom. The van der Waals surface area contributed by atoms with E-state index >= 15 is 0 Å². The average Bonchev–Trinajstić information content (AvgIpc) is 3.24. The zero-order valence-corrected chi connectivity index (χ0v) is 17.4. The number of nitrogens with two attached hydrogens (primary N) is 1. The van der Waals surface area contributed by atoms with Gasteiger partial charge >= 0.3 is 6.18 Å². The van der Waals surface area contributed by atoms with Gasteiger partial charge in [0.25, 0.3) is 5.95 Å². The van der Waals surface area contributed by atoms with E-state index in [-0.39, 0.29) is 30.8 Å². The molecule has 0 bridgehead atoms. The summed E-state index contributed by atoms with van der Waals surface area (Å²) >= 11 is 0. The van der Waals surface area contributed by atoms with Gasteiger partial charge in [-0.3, -0.25) is 14.7 Å². The monoisotopic (exact) mass is 442 g/mol. The number of amidine groups is 1. The highest BCUT2D eigenvalue weighted by Gasteiger charge is 2.39. The predicted octanol–water partition coefficient (Wildman–Crippen LogP) is 1.22. The minimum Gasteiger partial charge on any atom is -0.385 e. The summed E-state index contributed by atoms with van der Waals surface area (Å²) in [6.45, 7) is 1.19. The Balaban J connectivity index is 0.000000654. The van der Waals surface area contributed by atoms with Gasteiger partial charge in [-0.1, -0.05) is 11.5 Å². The second kappa shape index (κ2) is 15.5. The molecule has 0 radical (unpaired) electrons. The summed E-state index contributed by atoms with van der Waals surface area (Å²) in [5.74, 6) is 0.200. The molecule has 4 N–H and O–H groups in total. The third-order valence-corrected chi connectivity index (χ3v) is 3.63. The number of hydrogen-bond acceptors (Lipinski definition) is 7. The molecule has 1 heterocycles. The van der Waals surface area contributed by atoms with E-state index in [1.54, 1.807) is 7.05 Å². The van der Waals surface area contributed by atoms with Gasteiger partial charge in [-0.05, 0) is 32.0 Å². The van der Waals surface area contributed by atoms with Crippen LogP contribution in [0.5, 0.6) is 0 Å². The first kappa shape index (κ1) is 27.6. The van der Waals surface area contributed by atoms with Gasteiger partial charge in [0.15, 0.2) is 6.10 Å². The Bertz CT molecular complexity index is 593. The number of aromatic amines is 1. The Labute approximate surface area is 172 Å². The molecule has 1 unspecified atom stereocenters. The van der Waals surface area contributed by atoms with Crippen LogP contribution in [0, 0.1) is 0 Å². The van der Waals surface area contributed by atoms with E-state index in [1.807, 2.05) is 0 Å². The number of amides is 1. The lowest BCUT2D eigenvalue weighted by molar-refractivity contribution is -0.216. The number of alkyl halides is 4. The number of rotatable bonds is 12. The van der Waals surface area contributed by atoms with Gasteiger partial charge in [-0.2, -0.15) is 18.4 Å². The van der Waals surface area contributed by atoms with Crippen molar-refractivity contribution in [1.82, 2.24) is 25.9 Å². The Morgan fingerprint density at radius 2 is 2.07 bits per heavy atom. The Morgan fingerprint density at radius 1 is 1.37 bits per heavy atom. The van der Waals surface area contributed by atoms with Crippen LogP contribution in [0.4, 0.5) is 23.5 Å². The first-order valence-corrected chi connectivity index (χ1v) is 9.34. The number of halogens is 4. The number of ether oxygens (including phenoxy) is 1.